The van der Waals surface area contributed by atoms with Crippen molar-refractivity contribution >= 4 is 11.9 Å². The number of carbonyl (C=O) groups is 2. The predicted octanol–water partition coefficient (Wildman–Crippen LogP) is 1.43. The van der Waals surface area contributed by atoms with Gasteiger partial charge in [-0.2, -0.15) is 0 Å². The molecule has 0 amide bonds. The molecule has 0 unspecified atom stereocenters. The van der Waals surface area contributed by atoms with Gasteiger partial charge < -0.3 is 9.47 Å². The zero-order chi connectivity index (χ0) is 12.1. The minimum absolute atomic E-state index is 0.156. The molecule has 0 radical (unpaired) electrons. The Balaban J connectivity index is 2.78. The van der Waals surface area contributed by atoms with Crippen molar-refractivity contribution in [2.45, 2.75) is 20.0 Å². The third-order valence-corrected chi connectivity index (χ3v) is 1.74. The van der Waals surface area contributed by atoms with Gasteiger partial charge in [0, 0.05) is 6.20 Å². The van der Waals surface area contributed by atoms with Crippen LogP contribution in [0.4, 0.5) is 0 Å². The summed E-state index contributed by atoms with van der Waals surface area (Å²) in [6.07, 6.45) is 1.10. The van der Waals surface area contributed by atoms with Crippen molar-refractivity contribution in [1.82, 2.24) is 4.98 Å². The number of aromatic nitrogens is 1. The molecule has 0 fully saturated rings. The SMILES string of the molecule is COC(=O)c1ccc(C(=O)OC(C)C)cn1. The number of ether oxygens (including phenoxy) is 2. The van der Waals surface area contributed by atoms with Crippen LogP contribution in [-0.2, 0) is 9.47 Å². The van der Waals surface area contributed by atoms with E-state index in [9.17, 15) is 9.59 Å². The fraction of sp³-hybridized carbons (Fsp3) is 0.364. The summed E-state index contributed by atoms with van der Waals surface area (Å²) in [6, 6.07) is 2.90. The number of methoxy groups -OCH3 is 1. The number of nitrogens with zero attached hydrogens (tertiary/aromatic N) is 1. The summed E-state index contributed by atoms with van der Waals surface area (Å²) in [7, 11) is 1.27. The van der Waals surface area contributed by atoms with Crippen LogP contribution in [0.25, 0.3) is 0 Å². The Morgan fingerprint density at radius 1 is 1.25 bits per heavy atom. The molecule has 0 saturated carbocycles. The van der Waals surface area contributed by atoms with Crippen LogP contribution in [0.1, 0.15) is 34.7 Å². The molecule has 0 atom stereocenters. The third kappa shape index (κ3) is 3.05. The molecule has 0 spiro atoms. The van der Waals surface area contributed by atoms with E-state index in [0.717, 1.165) is 0 Å². The van der Waals surface area contributed by atoms with Crippen LogP contribution in [0.2, 0.25) is 0 Å². The topological polar surface area (TPSA) is 65.5 Å². The second-order valence-corrected chi connectivity index (χ2v) is 3.38. The number of hydrogen-bond acceptors (Lipinski definition) is 5. The molecule has 0 aliphatic rings. The molecular formula is C11H13NO4. The van der Waals surface area contributed by atoms with Gasteiger partial charge in [-0.1, -0.05) is 0 Å². The minimum atomic E-state index is -0.538. The maximum Gasteiger partial charge on any atom is 0.356 e. The van der Waals surface area contributed by atoms with Gasteiger partial charge in [0.2, 0.25) is 0 Å². The van der Waals surface area contributed by atoms with Crippen LogP contribution in [0.15, 0.2) is 18.3 Å². The summed E-state index contributed by atoms with van der Waals surface area (Å²) < 4.78 is 9.45. The molecule has 0 aliphatic heterocycles. The van der Waals surface area contributed by atoms with Crippen molar-refractivity contribution in [3.63, 3.8) is 0 Å². The van der Waals surface area contributed by atoms with E-state index in [1.165, 1.54) is 25.4 Å². The first-order valence-electron chi connectivity index (χ1n) is 4.80. The average molecular weight is 223 g/mol. The highest BCUT2D eigenvalue weighted by Crippen LogP contribution is 2.05. The van der Waals surface area contributed by atoms with Gasteiger partial charge in [0.25, 0.3) is 0 Å². The molecule has 0 aliphatic carbocycles. The van der Waals surface area contributed by atoms with Crippen LogP contribution in [0, 0.1) is 0 Å². The van der Waals surface area contributed by atoms with E-state index < -0.39 is 11.9 Å². The van der Waals surface area contributed by atoms with Crippen LogP contribution in [0.3, 0.4) is 0 Å². The third-order valence-electron chi connectivity index (χ3n) is 1.74. The molecule has 0 aromatic carbocycles. The molecule has 0 N–H and O–H groups in total. The zero-order valence-corrected chi connectivity index (χ0v) is 9.39. The average Bonchev–Trinajstić information content (AvgIpc) is 2.27. The second-order valence-electron chi connectivity index (χ2n) is 3.38. The van der Waals surface area contributed by atoms with E-state index in [2.05, 4.69) is 9.72 Å². The van der Waals surface area contributed by atoms with E-state index in [0.29, 0.717) is 5.56 Å². The lowest BCUT2D eigenvalue weighted by molar-refractivity contribution is 0.0376. The highest BCUT2D eigenvalue weighted by Gasteiger charge is 2.12. The molecular weight excluding hydrogens is 210 g/mol. The summed E-state index contributed by atoms with van der Waals surface area (Å²) >= 11 is 0. The van der Waals surface area contributed by atoms with Crippen molar-refractivity contribution < 1.29 is 19.1 Å². The number of pyridine rings is 1. The van der Waals surface area contributed by atoms with Crippen LogP contribution >= 0.6 is 0 Å². The molecule has 86 valence electrons. The molecule has 5 nitrogen and oxygen atoms in total. The van der Waals surface area contributed by atoms with Crippen molar-refractivity contribution in [2.24, 2.45) is 0 Å². The standard InChI is InChI=1S/C11H13NO4/c1-7(2)16-10(13)8-4-5-9(12-6-8)11(14)15-3/h4-7H,1-3H3. The quantitative estimate of drug-likeness (QED) is 0.725. The van der Waals surface area contributed by atoms with Gasteiger partial charge in [0.15, 0.2) is 0 Å². The normalized spacial score (nSPS) is 10.0. The number of carbonyl (C=O) groups excluding carboxylic acids is 2. The second kappa shape index (κ2) is 5.25. The van der Waals surface area contributed by atoms with E-state index in [-0.39, 0.29) is 11.8 Å². The fourth-order valence-corrected chi connectivity index (χ4v) is 1.02. The summed E-state index contributed by atoms with van der Waals surface area (Å²) in [6.45, 7) is 3.52. The first-order chi connectivity index (χ1) is 7.54. The molecule has 1 aromatic heterocycles. The van der Waals surface area contributed by atoms with Gasteiger partial charge in [0.1, 0.15) is 5.69 Å². The van der Waals surface area contributed by atoms with Crippen LogP contribution in [0.5, 0.6) is 0 Å². The molecule has 5 heteroatoms. The van der Waals surface area contributed by atoms with Gasteiger partial charge in [-0.25, -0.2) is 14.6 Å². The van der Waals surface area contributed by atoms with Gasteiger partial charge in [-0.15, -0.1) is 0 Å². The molecule has 0 bridgehead atoms. The van der Waals surface area contributed by atoms with Crippen molar-refractivity contribution in [2.75, 3.05) is 7.11 Å². The zero-order valence-electron chi connectivity index (χ0n) is 9.39. The Labute approximate surface area is 93.4 Å². The molecule has 16 heavy (non-hydrogen) atoms. The van der Waals surface area contributed by atoms with Crippen molar-refractivity contribution in [3.05, 3.63) is 29.6 Å². The first kappa shape index (κ1) is 12.2. The summed E-state index contributed by atoms with van der Waals surface area (Å²) in [5.41, 5.74) is 0.463. The van der Waals surface area contributed by atoms with Crippen LogP contribution < -0.4 is 0 Å². The van der Waals surface area contributed by atoms with Gasteiger partial charge in [-0.05, 0) is 26.0 Å². The lowest BCUT2D eigenvalue weighted by Crippen LogP contribution is -2.12. The lowest BCUT2D eigenvalue weighted by Gasteiger charge is -2.07. The highest BCUT2D eigenvalue weighted by molar-refractivity contribution is 5.91. The Hall–Kier alpha value is -1.91. The molecule has 1 rings (SSSR count). The first-order valence-corrected chi connectivity index (χ1v) is 4.80. The van der Waals surface area contributed by atoms with E-state index >= 15 is 0 Å². The maximum absolute atomic E-state index is 11.4. The Morgan fingerprint density at radius 3 is 2.38 bits per heavy atom. The fourth-order valence-electron chi connectivity index (χ4n) is 1.02. The Kier molecular flexibility index (Phi) is 3.99. The lowest BCUT2D eigenvalue weighted by atomic mass is 10.2. The van der Waals surface area contributed by atoms with Gasteiger partial charge in [0.05, 0.1) is 18.8 Å². The van der Waals surface area contributed by atoms with Crippen molar-refractivity contribution in [1.29, 1.82) is 0 Å². The van der Waals surface area contributed by atoms with Crippen molar-refractivity contribution in [3.8, 4) is 0 Å². The minimum Gasteiger partial charge on any atom is -0.464 e. The van der Waals surface area contributed by atoms with Gasteiger partial charge in [-0.3, -0.25) is 0 Å². The predicted molar refractivity (Wildman–Crippen MR) is 56.1 cm³/mol. The highest BCUT2D eigenvalue weighted by atomic mass is 16.5. The number of hydrogen-bond donors (Lipinski definition) is 0. The summed E-state index contributed by atoms with van der Waals surface area (Å²) in [5, 5.41) is 0. The van der Waals surface area contributed by atoms with E-state index in [1.54, 1.807) is 13.8 Å². The molecule has 0 saturated heterocycles. The largest absolute Gasteiger partial charge is 0.464 e. The van der Waals surface area contributed by atoms with E-state index in [4.69, 9.17) is 4.74 Å². The Bertz CT molecular complexity index is 383. The number of esters is 2. The smallest absolute Gasteiger partial charge is 0.356 e. The molecule has 1 aromatic rings. The number of rotatable bonds is 3. The van der Waals surface area contributed by atoms with Crippen LogP contribution in [-0.4, -0.2) is 30.1 Å². The van der Waals surface area contributed by atoms with E-state index in [1.807, 2.05) is 0 Å². The summed E-state index contributed by atoms with van der Waals surface area (Å²) in [4.78, 5) is 26.3. The summed E-state index contributed by atoms with van der Waals surface area (Å²) in [5.74, 6) is -0.998. The monoisotopic (exact) mass is 223 g/mol. The maximum atomic E-state index is 11.4. The Morgan fingerprint density at radius 2 is 1.94 bits per heavy atom. The van der Waals surface area contributed by atoms with Gasteiger partial charge >= 0.3 is 11.9 Å². The molecule has 1 heterocycles.